The second-order valence-corrected chi connectivity index (χ2v) is 7.29. The Morgan fingerprint density at radius 1 is 1.40 bits per heavy atom. The normalized spacial score (nSPS) is 31.9. The highest BCUT2D eigenvalue weighted by Gasteiger charge is 2.44. The lowest BCUT2D eigenvalue weighted by Gasteiger charge is -2.31. The number of aliphatic hydroxyl groups is 2. The molecule has 0 radical (unpaired) electrons. The van der Waals surface area contributed by atoms with Crippen LogP contribution in [0.25, 0.3) is 0 Å². The van der Waals surface area contributed by atoms with Crippen molar-refractivity contribution in [1.29, 1.82) is 0 Å². The molecule has 1 saturated heterocycles. The quantitative estimate of drug-likeness (QED) is 0.437. The Bertz CT molecular complexity index is 484. The minimum Gasteiger partial charge on any atom is -0.495 e. The minimum absolute atomic E-state index is 0.00767. The van der Waals surface area contributed by atoms with Crippen molar-refractivity contribution in [3.05, 3.63) is 24.0 Å². The molecule has 5 heteroatoms. The van der Waals surface area contributed by atoms with Crippen molar-refractivity contribution in [2.24, 2.45) is 11.8 Å². The maximum absolute atomic E-state index is 10.6. The van der Waals surface area contributed by atoms with E-state index in [0.29, 0.717) is 12.8 Å². The van der Waals surface area contributed by atoms with Gasteiger partial charge < -0.3 is 20.1 Å². The monoisotopic (exact) mass is 352 g/mol. The van der Waals surface area contributed by atoms with Gasteiger partial charge in [0, 0.05) is 31.1 Å². The van der Waals surface area contributed by atoms with Crippen LogP contribution in [0.5, 0.6) is 0 Å². The molecule has 1 aliphatic carbocycles. The lowest BCUT2D eigenvalue weighted by atomic mass is 9.86. The first-order valence-electron chi connectivity index (χ1n) is 9.63. The molecule has 2 fully saturated rings. The molecule has 0 amide bonds. The third-order valence-electron chi connectivity index (χ3n) is 5.31. The molecule has 0 aromatic carbocycles. The molecule has 0 unspecified atom stereocenters. The number of hydrogen-bond acceptors (Lipinski definition) is 4. The highest BCUT2D eigenvalue weighted by molar-refractivity contribution is 5.66. The van der Waals surface area contributed by atoms with Crippen molar-refractivity contribution in [2.75, 3.05) is 0 Å². The van der Waals surface area contributed by atoms with Crippen LogP contribution in [0.15, 0.2) is 24.0 Å². The minimum atomic E-state index is -0.801. The Hall–Kier alpha value is -1.33. The number of aliphatic hydroxyl groups excluding tert-OH is 2. The predicted octanol–water partition coefficient (Wildman–Crippen LogP) is 3.41. The number of carboxylic acids is 1. The number of allylic oxidation sites excluding steroid dienone is 2. The van der Waals surface area contributed by atoms with Crippen LogP contribution in [-0.4, -0.2) is 39.6 Å². The molecule has 0 spiro atoms. The molecule has 0 aromatic heterocycles. The first kappa shape index (κ1) is 20.0. The molecule has 25 heavy (non-hydrogen) atoms. The van der Waals surface area contributed by atoms with Crippen molar-refractivity contribution < 1.29 is 24.9 Å². The molecule has 0 bridgehead atoms. The number of carbonyl (C=O) groups is 1. The number of carboxylic acid groups (broad SMARTS) is 1. The molecular weight excluding hydrogens is 320 g/mol. The summed E-state index contributed by atoms with van der Waals surface area (Å²) in [7, 11) is 0. The fraction of sp³-hybridized carbons (Fsp3) is 0.750. The van der Waals surface area contributed by atoms with Crippen LogP contribution in [0.2, 0.25) is 0 Å². The van der Waals surface area contributed by atoms with E-state index < -0.39 is 18.2 Å². The van der Waals surface area contributed by atoms with Crippen molar-refractivity contribution in [3.8, 4) is 0 Å². The third kappa shape index (κ3) is 6.15. The van der Waals surface area contributed by atoms with Crippen LogP contribution >= 0.6 is 0 Å². The zero-order valence-corrected chi connectivity index (χ0v) is 15.1. The van der Waals surface area contributed by atoms with E-state index in [1.807, 2.05) is 18.2 Å². The molecule has 5 atom stereocenters. The highest BCUT2D eigenvalue weighted by atomic mass is 16.5. The summed E-state index contributed by atoms with van der Waals surface area (Å²) >= 11 is 0. The molecule has 5 nitrogen and oxygen atoms in total. The summed E-state index contributed by atoms with van der Waals surface area (Å²) in [4.78, 5) is 10.6. The Kier molecular flexibility index (Phi) is 7.97. The summed E-state index contributed by atoms with van der Waals surface area (Å²) in [6.45, 7) is 2.14. The number of hydrogen-bond donors (Lipinski definition) is 3. The van der Waals surface area contributed by atoms with E-state index in [4.69, 9.17) is 9.84 Å². The van der Waals surface area contributed by atoms with Crippen LogP contribution in [0.3, 0.4) is 0 Å². The van der Waals surface area contributed by atoms with Crippen molar-refractivity contribution in [3.63, 3.8) is 0 Å². The van der Waals surface area contributed by atoms with Gasteiger partial charge in [-0.3, -0.25) is 4.79 Å². The summed E-state index contributed by atoms with van der Waals surface area (Å²) in [5.41, 5.74) is 0. The summed E-state index contributed by atoms with van der Waals surface area (Å²) in [5, 5.41) is 29.1. The van der Waals surface area contributed by atoms with E-state index in [1.54, 1.807) is 0 Å². The molecule has 0 aromatic rings. The molecule has 2 aliphatic rings. The topological polar surface area (TPSA) is 87.0 Å². The molecule has 142 valence electrons. The van der Waals surface area contributed by atoms with Gasteiger partial charge in [-0.2, -0.15) is 0 Å². The zero-order chi connectivity index (χ0) is 18.2. The van der Waals surface area contributed by atoms with E-state index in [2.05, 4.69) is 6.92 Å². The molecule has 1 saturated carbocycles. The Morgan fingerprint density at radius 2 is 2.20 bits per heavy atom. The fourth-order valence-electron chi connectivity index (χ4n) is 3.91. The average Bonchev–Trinajstić information content (AvgIpc) is 2.87. The summed E-state index contributed by atoms with van der Waals surface area (Å²) < 4.78 is 5.99. The standard InChI is InChI=1S/C20H32O5/c1-2-3-4-6-14(21)9-11-16-17-12-10-15(7-5-8-20(23)24)25-19(17)13-18(16)22/h7,9,11,14,16-19,21-22H,2-6,8,10,12-13H2,1H3,(H,23,24)/t14-,16+,17+,18+,19-/m0/s1. The Balaban J connectivity index is 1.85. The van der Waals surface area contributed by atoms with Crippen LogP contribution < -0.4 is 0 Å². The molecule has 3 N–H and O–H groups in total. The van der Waals surface area contributed by atoms with Gasteiger partial charge in [0.25, 0.3) is 0 Å². The van der Waals surface area contributed by atoms with Gasteiger partial charge in [0.2, 0.25) is 0 Å². The molecule has 2 rings (SSSR count). The summed E-state index contributed by atoms with van der Waals surface area (Å²) in [6.07, 6.45) is 11.8. The van der Waals surface area contributed by atoms with Gasteiger partial charge in [-0.05, 0) is 25.3 Å². The van der Waals surface area contributed by atoms with Gasteiger partial charge in [-0.1, -0.05) is 38.3 Å². The fourth-order valence-corrected chi connectivity index (χ4v) is 3.91. The second kappa shape index (κ2) is 9.97. The number of unbranched alkanes of at least 4 members (excludes halogenated alkanes) is 2. The van der Waals surface area contributed by atoms with Crippen LogP contribution in [-0.2, 0) is 9.53 Å². The van der Waals surface area contributed by atoms with Gasteiger partial charge in [-0.25, -0.2) is 0 Å². The Morgan fingerprint density at radius 3 is 2.92 bits per heavy atom. The number of ether oxygens (including phenoxy) is 1. The lowest BCUT2D eigenvalue weighted by molar-refractivity contribution is -0.136. The van der Waals surface area contributed by atoms with Gasteiger partial charge in [-0.15, -0.1) is 0 Å². The van der Waals surface area contributed by atoms with Crippen LogP contribution in [0.1, 0.15) is 64.7 Å². The zero-order valence-electron chi connectivity index (χ0n) is 15.1. The van der Waals surface area contributed by atoms with Gasteiger partial charge in [0.15, 0.2) is 0 Å². The second-order valence-electron chi connectivity index (χ2n) is 7.29. The van der Waals surface area contributed by atoms with Gasteiger partial charge in [0.1, 0.15) is 6.10 Å². The van der Waals surface area contributed by atoms with Crippen molar-refractivity contribution in [2.45, 2.75) is 83.0 Å². The van der Waals surface area contributed by atoms with Gasteiger partial charge in [0.05, 0.1) is 18.0 Å². The van der Waals surface area contributed by atoms with E-state index in [1.165, 1.54) is 0 Å². The molecular formula is C20H32O5. The number of aliphatic carboxylic acids is 1. The predicted molar refractivity (Wildman–Crippen MR) is 96.0 cm³/mol. The van der Waals surface area contributed by atoms with E-state index >= 15 is 0 Å². The third-order valence-corrected chi connectivity index (χ3v) is 5.31. The van der Waals surface area contributed by atoms with Crippen molar-refractivity contribution in [1.82, 2.24) is 0 Å². The van der Waals surface area contributed by atoms with Crippen molar-refractivity contribution >= 4 is 5.97 Å². The highest BCUT2D eigenvalue weighted by Crippen LogP contribution is 2.43. The van der Waals surface area contributed by atoms with Crippen LogP contribution in [0.4, 0.5) is 0 Å². The maximum Gasteiger partial charge on any atom is 0.303 e. The number of fused-ring (bicyclic) bond motifs is 1. The first-order chi connectivity index (χ1) is 12.0. The Labute approximate surface area is 150 Å². The SMILES string of the molecule is CCCCC[C@H](O)C=C[C@@H]1[C@H]2CCC(=CCCC(=O)O)O[C@H]2C[C@H]1O. The summed E-state index contributed by atoms with van der Waals surface area (Å²) in [5.74, 6) is 0.362. The smallest absolute Gasteiger partial charge is 0.303 e. The van der Waals surface area contributed by atoms with Crippen LogP contribution in [0, 0.1) is 11.8 Å². The summed E-state index contributed by atoms with van der Waals surface area (Å²) in [6, 6.07) is 0. The largest absolute Gasteiger partial charge is 0.495 e. The molecule has 1 heterocycles. The van der Waals surface area contributed by atoms with E-state index in [0.717, 1.165) is 44.3 Å². The lowest BCUT2D eigenvalue weighted by Crippen LogP contribution is -2.27. The van der Waals surface area contributed by atoms with E-state index in [-0.39, 0.29) is 24.4 Å². The average molecular weight is 352 g/mol. The molecule has 1 aliphatic heterocycles. The first-order valence-corrected chi connectivity index (χ1v) is 9.63. The van der Waals surface area contributed by atoms with Gasteiger partial charge >= 0.3 is 5.97 Å². The maximum atomic E-state index is 10.6. The van der Waals surface area contributed by atoms with E-state index in [9.17, 15) is 15.0 Å². The number of rotatable bonds is 9.